The van der Waals surface area contributed by atoms with E-state index in [9.17, 15) is 0 Å². The number of hydrogen-bond donors (Lipinski definition) is 1. The molecule has 1 aromatic rings. The fraction of sp³-hybridized carbons (Fsp3) is 0.733. The molecule has 0 aromatic carbocycles. The van der Waals surface area contributed by atoms with Crippen molar-refractivity contribution >= 4 is 21.7 Å². The van der Waals surface area contributed by atoms with Gasteiger partial charge < -0.3 is 10.1 Å². The van der Waals surface area contributed by atoms with E-state index in [-0.39, 0.29) is 5.60 Å². The molecule has 112 valence electrons. The summed E-state index contributed by atoms with van der Waals surface area (Å²) in [7, 11) is 1.78. The first kappa shape index (κ1) is 15.7. The number of aryl methyl sites for hydroxylation is 1. The summed E-state index contributed by atoms with van der Waals surface area (Å²) < 4.78 is 6.84. The first-order valence-corrected chi connectivity index (χ1v) is 8.15. The number of nitrogens with one attached hydrogen (secondary N) is 1. The highest BCUT2D eigenvalue weighted by atomic mass is 79.9. The Bertz CT molecular complexity index is 480. The van der Waals surface area contributed by atoms with Gasteiger partial charge in [0, 0.05) is 13.7 Å². The summed E-state index contributed by atoms with van der Waals surface area (Å²) in [5.74, 6) is 2.34. The lowest BCUT2D eigenvalue weighted by atomic mass is 9.78. The molecule has 1 saturated carbocycles. The largest absolute Gasteiger partial charge is 0.370 e. The molecule has 0 saturated heterocycles. The molecule has 2 atom stereocenters. The van der Waals surface area contributed by atoms with Crippen LogP contribution in [-0.4, -0.2) is 23.6 Å². The highest BCUT2D eigenvalue weighted by Crippen LogP contribution is 2.42. The van der Waals surface area contributed by atoms with E-state index in [0.717, 1.165) is 41.2 Å². The average Bonchev–Trinajstić information content (AvgIpc) is 2.43. The predicted octanol–water partition coefficient (Wildman–Crippen LogP) is 4.03. The number of hydrogen-bond acceptors (Lipinski definition) is 4. The summed E-state index contributed by atoms with van der Waals surface area (Å²) in [6.07, 6.45) is 4.43. The van der Waals surface area contributed by atoms with Gasteiger partial charge in [-0.2, -0.15) is 0 Å². The Morgan fingerprint density at radius 2 is 2.20 bits per heavy atom. The molecule has 2 unspecified atom stereocenters. The second-order valence-corrected chi connectivity index (χ2v) is 6.52. The van der Waals surface area contributed by atoms with Crippen molar-refractivity contribution in [2.45, 2.75) is 52.1 Å². The third kappa shape index (κ3) is 2.98. The smallest absolute Gasteiger partial charge is 0.162 e. The molecule has 1 aromatic heterocycles. The van der Waals surface area contributed by atoms with Crippen LogP contribution in [0, 0.1) is 12.8 Å². The lowest BCUT2D eigenvalue weighted by Crippen LogP contribution is -2.36. The fourth-order valence-corrected chi connectivity index (χ4v) is 3.35. The van der Waals surface area contributed by atoms with Crippen LogP contribution in [0.3, 0.4) is 0 Å². The van der Waals surface area contributed by atoms with Gasteiger partial charge in [0.25, 0.3) is 0 Å². The first-order valence-electron chi connectivity index (χ1n) is 7.36. The quantitative estimate of drug-likeness (QED) is 0.897. The van der Waals surface area contributed by atoms with Gasteiger partial charge in [-0.05, 0) is 55.0 Å². The molecule has 1 aliphatic carbocycles. The maximum Gasteiger partial charge on any atom is 0.162 e. The Kier molecular flexibility index (Phi) is 5.02. The minimum Gasteiger partial charge on any atom is -0.370 e. The number of ether oxygens (including phenoxy) is 1. The van der Waals surface area contributed by atoms with E-state index >= 15 is 0 Å². The van der Waals surface area contributed by atoms with Crippen LogP contribution in [0.1, 0.15) is 51.0 Å². The zero-order chi connectivity index (χ0) is 14.8. The Morgan fingerprint density at radius 1 is 1.45 bits per heavy atom. The van der Waals surface area contributed by atoms with E-state index in [4.69, 9.17) is 14.7 Å². The number of methoxy groups -OCH3 is 1. The van der Waals surface area contributed by atoms with E-state index in [2.05, 4.69) is 35.1 Å². The molecule has 0 bridgehead atoms. The molecule has 0 amide bonds. The predicted molar refractivity (Wildman–Crippen MR) is 85.0 cm³/mol. The van der Waals surface area contributed by atoms with Gasteiger partial charge in [0.2, 0.25) is 0 Å². The van der Waals surface area contributed by atoms with E-state index < -0.39 is 0 Å². The molecule has 0 spiro atoms. The number of halogens is 1. The summed E-state index contributed by atoms with van der Waals surface area (Å²) in [6, 6.07) is 0. The number of rotatable bonds is 4. The maximum absolute atomic E-state index is 5.90. The molecular formula is C15H24BrN3O. The van der Waals surface area contributed by atoms with Crippen molar-refractivity contribution < 1.29 is 4.74 Å². The van der Waals surface area contributed by atoms with E-state index in [1.54, 1.807) is 7.11 Å². The first-order chi connectivity index (χ1) is 9.52. The lowest BCUT2D eigenvalue weighted by Gasteiger charge is -2.37. The van der Waals surface area contributed by atoms with Crippen molar-refractivity contribution in [3.05, 3.63) is 16.0 Å². The van der Waals surface area contributed by atoms with Crippen molar-refractivity contribution in [1.29, 1.82) is 0 Å². The topological polar surface area (TPSA) is 47.0 Å². The van der Waals surface area contributed by atoms with Crippen LogP contribution in [0.2, 0.25) is 0 Å². The fourth-order valence-electron chi connectivity index (χ4n) is 3.03. The van der Waals surface area contributed by atoms with Crippen LogP contribution in [0.15, 0.2) is 4.47 Å². The Labute approximate surface area is 129 Å². The Morgan fingerprint density at radius 3 is 2.80 bits per heavy atom. The summed E-state index contributed by atoms with van der Waals surface area (Å²) >= 11 is 3.56. The van der Waals surface area contributed by atoms with Gasteiger partial charge in [0.05, 0.1) is 10.2 Å². The highest BCUT2D eigenvalue weighted by Gasteiger charge is 2.40. The Hall–Kier alpha value is -0.680. The van der Waals surface area contributed by atoms with Crippen LogP contribution in [-0.2, 0) is 10.3 Å². The van der Waals surface area contributed by atoms with Crippen molar-refractivity contribution in [2.24, 2.45) is 5.92 Å². The third-order valence-electron chi connectivity index (χ3n) is 4.12. The zero-order valence-corrected chi connectivity index (χ0v) is 14.4. The number of aromatic nitrogens is 2. The standard InChI is InChI=1S/C15H24BrN3O/c1-5-17-13-12(16)11(3)18-14(19-13)15(20-4)8-6-7-10(2)9-15/h10H,5-9H2,1-4H3,(H,17,18,19). The molecule has 1 aliphatic rings. The molecule has 0 radical (unpaired) electrons. The van der Waals surface area contributed by atoms with Crippen molar-refractivity contribution in [2.75, 3.05) is 19.0 Å². The van der Waals surface area contributed by atoms with Gasteiger partial charge in [0.15, 0.2) is 5.82 Å². The summed E-state index contributed by atoms with van der Waals surface area (Å²) in [5.41, 5.74) is 0.633. The molecule has 5 heteroatoms. The van der Waals surface area contributed by atoms with Crippen LogP contribution in [0.5, 0.6) is 0 Å². The molecular weight excluding hydrogens is 318 g/mol. The van der Waals surface area contributed by atoms with Crippen LogP contribution >= 0.6 is 15.9 Å². The Balaban J connectivity index is 2.44. The second kappa shape index (κ2) is 6.39. The minimum atomic E-state index is -0.326. The molecule has 1 heterocycles. The lowest BCUT2D eigenvalue weighted by molar-refractivity contribution is -0.0646. The zero-order valence-electron chi connectivity index (χ0n) is 12.8. The third-order valence-corrected chi connectivity index (χ3v) is 5.06. The van der Waals surface area contributed by atoms with E-state index in [1.807, 2.05) is 6.92 Å². The maximum atomic E-state index is 5.90. The SMILES string of the molecule is CCNc1nc(C2(OC)CCCC(C)C2)nc(C)c1Br. The van der Waals surface area contributed by atoms with Crippen LogP contribution < -0.4 is 5.32 Å². The van der Waals surface area contributed by atoms with Gasteiger partial charge in [-0.25, -0.2) is 9.97 Å². The summed E-state index contributed by atoms with van der Waals surface area (Å²) in [5, 5.41) is 3.30. The molecule has 0 aliphatic heterocycles. The van der Waals surface area contributed by atoms with Crippen LogP contribution in [0.25, 0.3) is 0 Å². The van der Waals surface area contributed by atoms with E-state index in [0.29, 0.717) is 5.92 Å². The van der Waals surface area contributed by atoms with Gasteiger partial charge >= 0.3 is 0 Å². The van der Waals surface area contributed by atoms with Gasteiger partial charge in [0.1, 0.15) is 11.4 Å². The summed E-state index contributed by atoms with van der Waals surface area (Å²) in [6.45, 7) is 7.19. The normalized spacial score (nSPS) is 26.6. The molecule has 2 rings (SSSR count). The highest BCUT2D eigenvalue weighted by molar-refractivity contribution is 9.10. The summed E-state index contributed by atoms with van der Waals surface area (Å²) in [4.78, 5) is 9.42. The van der Waals surface area contributed by atoms with Crippen molar-refractivity contribution in [1.82, 2.24) is 9.97 Å². The monoisotopic (exact) mass is 341 g/mol. The molecule has 4 nitrogen and oxygen atoms in total. The van der Waals surface area contributed by atoms with Gasteiger partial charge in [-0.3, -0.25) is 0 Å². The molecule has 20 heavy (non-hydrogen) atoms. The number of anilines is 1. The molecule has 1 fully saturated rings. The van der Waals surface area contributed by atoms with Crippen molar-refractivity contribution in [3.8, 4) is 0 Å². The number of nitrogens with zero attached hydrogens (tertiary/aromatic N) is 2. The van der Waals surface area contributed by atoms with Crippen LogP contribution in [0.4, 0.5) is 5.82 Å². The average molecular weight is 342 g/mol. The van der Waals surface area contributed by atoms with E-state index in [1.165, 1.54) is 12.8 Å². The van der Waals surface area contributed by atoms with Crippen molar-refractivity contribution in [3.63, 3.8) is 0 Å². The van der Waals surface area contributed by atoms with Gasteiger partial charge in [-0.15, -0.1) is 0 Å². The molecule has 1 N–H and O–H groups in total. The second-order valence-electron chi connectivity index (χ2n) is 5.73. The minimum absolute atomic E-state index is 0.326. The van der Waals surface area contributed by atoms with Gasteiger partial charge in [-0.1, -0.05) is 13.3 Å².